The van der Waals surface area contributed by atoms with Crippen molar-refractivity contribution >= 4 is 40.9 Å². The quantitative estimate of drug-likeness (QED) is 0.442. The Hall–Kier alpha value is -1.44. The Morgan fingerprint density at radius 1 is 1.39 bits per heavy atom. The molecule has 0 aliphatic carbocycles. The highest BCUT2D eigenvalue weighted by molar-refractivity contribution is 7.99. The molecular formula is C14H17Cl2N5OS. The van der Waals surface area contributed by atoms with Crippen molar-refractivity contribution in [1.82, 2.24) is 20.2 Å². The maximum absolute atomic E-state index is 11.7. The van der Waals surface area contributed by atoms with Crippen LogP contribution in [0.5, 0.6) is 0 Å². The van der Waals surface area contributed by atoms with Crippen molar-refractivity contribution in [3.05, 3.63) is 28.2 Å². The summed E-state index contributed by atoms with van der Waals surface area (Å²) in [7, 11) is 0. The van der Waals surface area contributed by atoms with E-state index in [0.717, 1.165) is 12.8 Å². The number of carbonyl (C=O) groups is 1. The fourth-order valence-electron chi connectivity index (χ4n) is 1.82. The van der Waals surface area contributed by atoms with Gasteiger partial charge in [-0.2, -0.15) is 0 Å². The number of thioether (sulfide) groups is 1. The summed E-state index contributed by atoms with van der Waals surface area (Å²) in [5, 5.41) is 12.3. The number of unbranched alkanes of at least 4 members (excludes halogenated alkanes) is 1. The standard InChI is InChI=1S/C14H17Cl2N5OS/c1-2-3-6-18-12(22)8-23-14-20-19-13(21(14)17)10-5-4-9(15)7-11(10)16/h4-5,7H,2-3,6,8,17H2,1H3,(H,18,22). The van der Waals surface area contributed by atoms with Crippen LogP contribution in [0, 0.1) is 0 Å². The first-order valence-electron chi connectivity index (χ1n) is 7.08. The van der Waals surface area contributed by atoms with E-state index in [2.05, 4.69) is 22.4 Å². The van der Waals surface area contributed by atoms with Gasteiger partial charge in [-0.1, -0.05) is 48.3 Å². The second kappa shape index (κ2) is 8.42. The molecule has 3 N–H and O–H groups in total. The van der Waals surface area contributed by atoms with Crippen molar-refractivity contribution in [3.63, 3.8) is 0 Å². The minimum Gasteiger partial charge on any atom is -0.355 e. The molecule has 0 bridgehead atoms. The van der Waals surface area contributed by atoms with E-state index in [1.54, 1.807) is 18.2 Å². The first-order chi connectivity index (χ1) is 11.0. The highest BCUT2D eigenvalue weighted by Gasteiger charge is 2.16. The molecule has 2 aromatic rings. The molecule has 0 aliphatic rings. The number of aromatic nitrogens is 3. The third-order valence-corrected chi connectivity index (χ3v) is 4.51. The summed E-state index contributed by atoms with van der Waals surface area (Å²) < 4.78 is 1.32. The normalized spacial score (nSPS) is 10.7. The minimum atomic E-state index is -0.0578. The number of amides is 1. The van der Waals surface area contributed by atoms with Gasteiger partial charge >= 0.3 is 0 Å². The molecule has 9 heteroatoms. The minimum absolute atomic E-state index is 0.0578. The van der Waals surface area contributed by atoms with E-state index in [0.29, 0.717) is 33.1 Å². The van der Waals surface area contributed by atoms with Crippen molar-refractivity contribution in [2.45, 2.75) is 24.9 Å². The maximum atomic E-state index is 11.7. The maximum Gasteiger partial charge on any atom is 0.230 e. The molecule has 0 spiro atoms. The van der Waals surface area contributed by atoms with Crippen LogP contribution in [0.4, 0.5) is 0 Å². The number of nitrogens with two attached hydrogens (primary N) is 1. The third-order valence-electron chi connectivity index (χ3n) is 3.02. The molecular weight excluding hydrogens is 357 g/mol. The SMILES string of the molecule is CCCCNC(=O)CSc1nnc(-c2ccc(Cl)cc2Cl)n1N. The molecule has 1 aromatic carbocycles. The van der Waals surface area contributed by atoms with Gasteiger partial charge in [0.25, 0.3) is 0 Å². The summed E-state index contributed by atoms with van der Waals surface area (Å²) in [6, 6.07) is 5.04. The molecule has 6 nitrogen and oxygen atoms in total. The topological polar surface area (TPSA) is 85.8 Å². The lowest BCUT2D eigenvalue weighted by Crippen LogP contribution is -2.26. The Morgan fingerprint density at radius 3 is 2.87 bits per heavy atom. The molecule has 0 aliphatic heterocycles. The Labute approximate surface area is 148 Å². The van der Waals surface area contributed by atoms with E-state index in [9.17, 15) is 4.79 Å². The van der Waals surface area contributed by atoms with Crippen LogP contribution in [0.15, 0.2) is 23.4 Å². The lowest BCUT2D eigenvalue weighted by Gasteiger charge is -2.06. The summed E-state index contributed by atoms with van der Waals surface area (Å²) in [4.78, 5) is 11.7. The molecule has 0 fully saturated rings. The Bertz CT molecular complexity index is 692. The van der Waals surface area contributed by atoms with Crippen LogP contribution < -0.4 is 11.2 Å². The number of benzene rings is 1. The lowest BCUT2D eigenvalue weighted by atomic mass is 10.2. The van der Waals surface area contributed by atoms with Gasteiger partial charge in [0.15, 0.2) is 5.82 Å². The number of halogens is 2. The number of nitrogens with zero attached hydrogens (tertiary/aromatic N) is 3. The van der Waals surface area contributed by atoms with Gasteiger partial charge in [0.05, 0.1) is 10.8 Å². The smallest absolute Gasteiger partial charge is 0.230 e. The second-order valence-electron chi connectivity index (χ2n) is 4.79. The average Bonchev–Trinajstić information content (AvgIpc) is 2.86. The van der Waals surface area contributed by atoms with Crippen molar-refractivity contribution in [2.24, 2.45) is 0 Å². The highest BCUT2D eigenvalue weighted by atomic mass is 35.5. The number of nitrogen functional groups attached to an aromatic ring is 1. The predicted octanol–water partition coefficient (Wildman–Crippen LogP) is 2.97. The number of nitrogens with one attached hydrogen (secondary N) is 1. The summed E-state index contributed by atoms with van der Waals surface area (Å²) in [5.41, 5.74) is 0.630. The Morgan fingerprint density at radius 2 is 2.17 bits per heavy atom. The largest absolute Gasteiger partial charge is 0.355 e. The highest BCUT2D eigenvalue weighted by Crippen LogP contribution is 2.30. The van der Waals surface area contributed by atoms with Crippen LogP contribution >= 0.6 is 35.0 Å². The van der Waals surface area contributed by atoms with Crippen LogP contribution in [-0.2, 0) is 4.79 Å². The summed E-state index contributed by atoms with van der Waals surface area (Å²) in [6.45, 7) is 2.75. The molecule has 1 heterocycles. The van der Waals surface area contributed by atoms with Crippen LogP contribution in [0.25, 0.3) is 11.4 Å². The van der Waals surface area contributed by atoms with E-state index in [1.165, 1.54) is 16.4 Å². The Balaban J connectivity index is 2.03. The van der Waals surface area contributed by atoms with Gasteiger partial charge in [0, 0.05) is 17.1 Å². The van der Waals surface area contributed by atoms with Gasteiger partial charge in [-0.15, -0.1) is 10.2 Å². The second-order valence-corrected chi connectivity index (χ2v) is 6.58. The van der Waals surface area contributed by atoms with E-state index >= 15 is 0 Å². The molecule has 0 saturated carbocycles. The van der Waals surface area contributed by atoms with Gasteiger partial charge in [0.2, 0.25) is 11.1 Å². The van der Waals surface area contributed by atoms with Crippen LogP contribution in [0.3, 0.4) is 0 Å². The fraction of sp³-hybridized carbons (Fsp3) is 0.357. The van der Waals surface area contributed by atoms with Gasteiger partial charge in [0.1, 0.15) is 0 Å². The molecule has 0 radical (unpaired) electrons. The lowest BCUT2D eigenvalue weighted by molar-refractivity contribution is -0.118. The number of rotatable bonds is 7. The van der Waals surface area contributed by atoms with E-state index < -0.39 is 0 Å². The molecule has 0 atom stereocenters. The van der Waals surface area contributed by atoms with Crippen LogP contribution in [0.2, 0.25) is 10.0 Å². The first-order valence-corrected chi connectivity index (χ1v) is 8.82. The van der Waals surface area contributed by atoms with E-state index in [-0.39, 0.29) is 11.7 Å². The molecule has 1 aromatic heterocycles. The van der Waals surface area contributed by atoms with Crippen LogP contribution in [0.1, 0.15) is 19.8 Å². The monoisotopic (exact) mass is 373 g/mol. The first kappa shape index (κ1) is 17.9. The van der Waals surface area contributed by atoms with Crippen molar-refractivity contribution in [2.75, 3.05) is 18.1 Å². The third kappa shape index (κ3) is 4.76. The zero-order valence-electron chi connectivity index (χ0n) is 12.6. The van der Waals surface area contributed by atoms with Crippen LogP contribution in [-0.4, -0.2) is 33.1 Å². The molecule has 23 heavy (non-hydrogen) atoms. The molecule has 124 valence electrons. The average molecular weight is 374 g/mol. The molecule has 1 amide bonds. The van der Waals surface area contributed by atoms with Gasteiger partial charge in [-0.25, -0.2) is 4.68 Å². The summed E-state index contributed by atoms with van der Waals surface area (Å²) in [5.74, 6) is 6.59. The van der Waals surface area contributed by atoms with Crippen molar-refractivity contribution < 1.29 is 4.79 Å². The van der Waals surface area contributed by atoms with Gasteiger partial charge < -0.3 is 11.2 Å². The van der Waals surface area contributed by atoms with E-state index in [1.807, 2.05) is 0 Å². The van der Waals surface area contributed by atoms with Gasteiger partial charge in [-0.3, -0.25) is 4.79 Å². The van der Waals surface area contributed by atoms with Gasteiger partial charge in [-0.05, 0) is 24.6 Å². The Kier molecular flexibility index (Phi) is 6.56. The molecule has 0 saturated heterocycles. The summed E-state index contributed by atoms with van der Waals surface area (Å²) in [6.07, 6.45) is 2.00. The zero-order valence-corrected chi connectivity index (χ0v) is 14.9. The zero-order chi connectivity index (χ0) is 16.8. The van der Waals surface area contributed by atoms with E-state index in [4.69, 9.17) is 29.0 Å². The summed E-state index contributed by atoms with van der Waals surface area (Å²) >= 11 is 13.3. The number of hydrogen-bond donors (Lipinski definition) is 2. The molecule has 2 rings (SSSR count). The number of hydrogen-bond acceptors (Lipinski definition) is 5. The van der Waals surface area contributed by atoms with Crippen molar-refractivity contribution in [3.8, 4) is 11.4 Å². The predicted molar refractivity (Wildman–Crippen MR) is 94.3 cm³/mol. The molecule has 0 unspecified atom stereocenters. The fourth-order valence-corrected chi connectivity index (χ4v) is 3.00. The van der Waals surface area contributed by atoms with Crippen molar-refractivity contribution in [1.29, 1.82) is 0 Å². The number of carbonyl (C=O) groups excluding carboxylic acids is 1.